The van der Waals surface area contributed by atoms with E-state index in [9.17, 15) is 18.0 Å². The van der Waals surface area contributed by atoms with E-state index in [0.717, 1.165) is 26.9 Å². The summed E-state index contributed by atoms with van der Waals surface area (Å²) >= 11 is 0. The smallest absolute Gasteiger partial charge is 0.471 e. The normalized spacial score (nSPS) is 11.6. The second-order valence-corrected chi connectivity index (χ2v) is 7.09. The molecule has 0 aliphatic carbocycles. The van der Waals surface area contributed by atoms with Crippen molar-refractivity contribution in [2.45, 2.75) is 25.9 Å². The molecule has 0 unspecified atom stereocenters. The number of nitrogens with one attached hydrogen (secondary N) is 1. The third kappa shape index (κ3) is 5.06. The van der Waals surface area contributed by atoms with Crippen LogP contribution in [0.3, 0.4) is 0 Å². The molecule has 1 amide bonds. The van der Waals surface area contributed by atoms with Crippen molar-refractivity contribution in [1.29, 1.82) is 0 Å². The first kappa shape index (κ1) is 21.5. The first-order valence-corrected chi connectivity index (χ1v) is 9.66. The average Bonchev–Trinajstić information content (AvgIpc) is 3.12. The lowest BCUT2D eigenvalue weighted by Gasteiger charge is -2.24. The fraction of sp³-hybridized carbons (Fsp3) is 0.318. The number of nitrogen functional groups attached to an aromatic ring is 1. The summed E-state index contributed by atoms with van der Waals surface area (Å²) in [6.07, 6.45) is -2.12. The van der Waals surface area contributed by atoms with E-state index in [4.69, 9.17) is 10.5 Å². The van der Waals surface area contributed by atoms with Crippen LogP contribution in [0.1, 0.15) is 17.5 Å². The number of para-hydroxylation sites is 2. The number of aromatic nitrogens is 1. The zero-order chi connectivity index (χ0) is 21.7. The highest BCUT2D eigenvalue weighted by Crippen LogP contribution is 2.25. The molecule has 1 heterocycles. The number of rotatable bonds is 8. The molecular formula is C22H24F3N3O2. The minimum atomic E-state index is -4.93. The maximum Gasteiger partial charge on any atom is 0.471 e. The lowest BCUT2D eigenvalue weighted by molar-refractivity contribution is -0.185. The molecule has 5 nitrogen and oxygen atoms in total. The summed E-state index contributed by atoms with van der Waals surface area (Å²) in [5.41, 5.74) is 9.15. The number of nitrogens with zero attached hydrogens (tertiary/aromatic N) is 1. The van der Waals surface area contributed by atoms with Crippen molar-refractivity contribution in [3.05, 3.63) is 59.8 Å². The van der Waals surface area contributed by atoms with Crippen molar-refractivity contribution < 1.29 is 22.7 Å². The van der Waals surface area contributed by atoms with Crippen LogP contribution in [0.4, 0.5) is 18.9 Å². The van der Waals surface area contributed by atoms with Crippen LogP contribution >= 0.6 is 0 Å². The third-order valence-electron chi connectivity index (χ3n) is 4.98. The van der Waals surface area contributed by atoms with E-state index in [1.165, 1.54) is 0 Å². The molecule has 3 aromatic rings. The highest BCUT2D eigenvalue weighted by Gasteiger charge is 2.42. The molecular weight excluding hydrogens is 395 g/mol. The van der Waals surface area contributed by atoms with Crippen LogP contribution in [0.2, 0.25) is 0 Å². The zero-order valence-electron chi connectivity index (χ0n) is 16.6. The summed E-state index contributed by atoms with van der Waals surface area (Å²) in [7, 11) is 0. The molecule has 8 heteroatoms. The van der Waals surface area contributed by atoms with Gasteiger partial charge in [0, 0.05) is 23.6 Å². The number of aromatic amines is 1. The first-order valence-electron chi connectivity index (χ1n) is 9.66. The fourth-order valence-electron chi connectivity index (χ4n) is 3.34. The number of aryl methyl sites for hydroxylation is 2. The van der Waals surface area contributed by atoms with E-state index in [1.54, 1.807) is 12.1 Å². The minimum absolute atomic E-state index is 0.0233. The van der Waals surface area contributed by atoms with Crippen LogP contribution in [0.25, 0.3) is 10.9 Å². The number of amides is 1. The molecule has 2 aromatic carbocycles. The largest absolute Gasteiger partial charge is 0.490 e. The number of hydrogen-bond donors (Lipinski definition) is 2. The second kappa shape index (κ2) is 9.11. The monoisotopic (exact) mass is 419 g/mol. The number of halogens is 3. The summed E-state index contributed by atoms with van der Waals surface area (Å²) in [6, 6.07) is 12.9. The Morgan fingerprint density at radius 1 is 1.13 bits per heavy atom. The number of carbonyl (C=O) groups is 1. The van der Waals surface area contributed by atoms with Gasteiger partial charge in [-0.3, -0.25) is 4.79 Å². The van der Waals surface area contributed by atoms with E-state index in [2.05, 4.69) is 4.98 Å². The quantitative estimate of drug-likeness (QED) is 0.530. The van der Waals surface area contributed by atoms with Crippen molar-refractivity contribution >= 4 is 22.5 Å². The molecule has 0 fully saturated rings. The van der Waals surface area contributed by atoms with Crippen LogP contribution in [-0.2, 0) is 11.2 Å². The number of hydrogen-bond acceptors (Lipinski definition) is 3. The summed E-state index contributed by atoms with van der Waals surface area (Å²) in [4.78, 5) is 15.8. The number of alkyl halides is 3. The maximum atomic E-state index is 13.0. The summed E-state index contributed by atoms with van der Waals surface area (Å²) in [5.74, 6) is -1.46. The van der Waals surface area contributed by atoms with Crippen molar-refractivity contribution in [2.24, 2.45) is 0 Å². The summed E-state index contributed by atoms with van der Waals surface area (Å²) in [5, 5.41) is 1.03. The number of nitrogens with two attached hydrogens (primary N) is 1. The molecule has 0 atom stereocenters. The van der Waals surface area contributed by atoms with Gasteiger partial charge < -0.3 is 20.4 Å². The Balaban J connectivity index is 1.60. The molecule has 0 spiro atoms. The van der Waals surface area contributed by atoms with Crippen molar-refractivity contribution in [3.8, 4) is 5.75 Å². The molecule has 3 rings (SSSR count). The van der Waals surface area contributed by atoms with Gasteiger partial charge in [-0.25, -0.2) is 0 Å². The Kier molecular flexibility index (Phi) is 6.54. The Labute approximate surface area is 172 Å². The maximum absolute atomic E-state index is 13.0. The van der Waals surface area contributed by atoms with E-state index >= 15 is 0 Å². The van der Waals surface area contributed by atoms with Crippen LogP contribution in [0.5, 0.6) is 5.75 Å². The SMILES string of the molecule is Cc1cccc(OCCN(CCCc2c[nH]c3ccccc23)C(=O)C(F)(F)F)c1N. The highest BCUT2D eigenvalue weighted by molar-refractivity contribution is 5.83. The zero-order valence-corrected chi connectivity index (χ0v) is 16.6. The molecule has 0 aliphatic rings. The van der Waals surface area contributed by atoms with Gasteiger partial charge in [0.25, 0.3) is 0 Å². The number of benzene rings is 2. The van der Waals surface area contributed by atoms with E-state index < -0.39 is 12.1 Å². The van der Waals surface area contributed by atoms with Gasteiger partial charge in [0.1, 0.15) is 12.4 Å². The summed E-state index contributed by atoms with van der Waals surface area (Å²) < 4.78 is 44.6. The third-order valence-corrected chi connectivity index (χ3v) is 4.98. The van der Waals surface area contributed by atoms with Gasteiger partial charge in [-0.2, -0.15) is 13.2 Å². The lowest BCUT2D eigenvalue weighted by atomic mass is 10.1. The number of ether oxygens (including phenoxy) is 1. The van der Waals surface area contributed by atoms with E-state index in [0.29, 0.717) is 24.3 Å². The van der Waals surface area contributed by atoms with Gasteiger partial charge >= 0.3 is 12.1 Å². The molecule has 0 saturated carbocycles. The predicted octanol–water partition coefficient (Wildman–Crippen LogP) is 4.46. The summed E-state index contributed by atoms with van der Waals surface area (Å²) in [6.45, 7) is 1.53. The van der Waals surface area contributed by atoms with Crippen LogP contribution in [0, 0.1) is 6.92 Å². The van der Waals surface area contributed by atoms with Gasteiger partial charge in [-0.15, -0.1) is 0 Å². The molecule has 0 saturated heterocycles. The molecule has 30 heavy (non-hydrogen) atoms. The first-order chi connectivity index (χ1) is 14.3. The molecule has 3 N–H and O–H groups in total. The van der Waals surface area contributed by atoms with Gasteiger partial charge in [-0.1, -0.05) is 30.3 Å². The number of fused-ring (bicyclic) bond motifs is 1. The predicted molar refractivity (Wildman–Crippen MR) is 110 cm³/mol. The van der Waals surface area contributed by atoms with Gasteiger partial charge in [0.2, 0.25) is 0 Å². The Hall–Kier alpha value is -3.16. The Bertz CT molecular complexity index is 1010. The molecule has 0 bridgehead atoms. The van der Waals surface area contributed by atoms with E-state index in [1.807, 2.05) is 43.5 Å². The second-order valence-electron chi connectivity index (χ2n) is 7.09. The van der Waals surface area contributed by atoms with Gasteiger partial charge in [-0.05, 0) is 43.0 Å². The minimum Gasteiger partial charge on any atom is -0.490 e. The van der Waals surface area contributed by atoms with E-state index in [-0.39, 0.29) is 19.7 Å². The Morgan fingerprint density at radius 3 is 2.67 bits per heavy atom. The van der Waals surface area contributed by atoms with Crippen LogP contribution < -0.4 is 10.5 Å². The van der Waals surface area contributed by atoms with Crippen molar-refractivity contribution in [1.82, 2.24) is 9.88 Å². The van der Waals surface area contributed by atoms with Crippen molar-refractivity contribution in [2.75, 3.05) is 25.4 Å². The van der Waals surface area contributed by atoms with Gasteiger partial charge in [0.15, 0.2) is 0 Å². The number of anilines is 1. The molecule has 0 aliphatic heterocycles. The topological polar surface area (TPSA) is 71.3 Å². The molecule has 1 aromatic heterocycles. The standard InChI is InChI=1S/C22H24F3N3O2/c1-15-6-4-10-19(20(15)26)30-13-12-28(21(29)22(23,24)25)11-5-7-16-14-27-18-9-3-2-8-17(16)18/h2-4,6,8-10,14,27H,5,7,11-13,26H2,1H3. The Morgan fingerprint density at radius 2 is 1.90 bits per heavy atom. The number of H-pyrrole nitrogens is 1. The lowest BCUT2D eigenvalue weighted by Crippen LogP contribution is -2.43. The average molecular weight is 419 g/mol. The fourth-order valence-corrected chi connectivity index (χ4v) is 3.34. The molecule has 160 valence electrons. The molecule has 0 radical (unpaired) electrons. The number of carbonyl (C=O) groups excluding carboxylic acids is 1. The highest BCUT2D eigenvalue weighted by atomic mass is 19.4. The van der Waals surface area contributed by atoms with Gasteiger partial charge in [0.05, 0.1) is 12.2 Å². The van der Waals surface area contributed by atoms with Crippen LogP contribution in [0.15, 0.2) is 48.7 Å². The van der Waals surface area contributed by atoms with Crippen molar-refractivity contribution in [3.63, 3.8) is 0 Å². The van der Waals surface area contributed by atoms with Crippen LogP contribution in [-0.4, -0.2) is 41.7 Å².